The van der Waals surface area contributed by atoms with Crippen molar-refractivity contribution in [3.63, 3.8) is 0 Å². The molecular formula is C14H14F3N3. The number of nitrogens with zero attached hydrogens (tertiary/aromatic N) is 2. The van der Waals surface area contributed by atoms with E-state index in [0.717, 1.165) is 32.0 Å². The molecule has 1 aliphatic heterocycles. The van der Waals surface area contributed by atoms with Gasteiger partial charge in [-0.15, -0.1) is 0 Å². The molecule has 0 amide bonds. The predicted octanol–water partition coefficient (Wildman–Crippen LogP) is 2.51. The van der Waals surface area contributed by atoms with Gasteiger partial charge in [-0.25, -0.2) is 4.98 Å². The second kappa shape index (κ2) is 4.45. The number of rotatable bonds is 2. The SMILES string of the molecule is N#Cc1cc(CC2CC3(CNC3)C2)cc(C(F)(F)F)n1. The normalized spacial score (nSPS) is 21.1. The molecular weight excluding hydrogens is 267 g/mol. The molecule has 1 aromatic heterocycles. The summed E-state index contributed by atoms with van der Waals surface area (Å²) in [5.41, 5.74) is -0.154. The average molecular weight is 281 g/mol. The van der Waals surface area contributed by atoms with Gasteiger partial charge in [-0.2, -0.15) is 18.4 Å². The van der Waals surface area contributed by atoms with Gasteiger partial charge in [-0.1, -0.05) is 0 Å². The van der Waals surface area contributed by atoms with Gasteiger partial charge in [0, 0.05) is 13.1 Å². The Balaban J connectivity index is 1.74. The molecule has 3 rings (SSSR count). The number of nitriles is 1. The zero-order valence-electron chi connectivity index (χ0n) is 10.8. The maximum atomic E-state index is 12.7. The minimum Gasteiger partial charge on any atom is -0.316 e. The first-order valence-corrected chi connectivity index (χ1v) is 6.59. The quantitative estimate of drug-likeness (QED) is 0.906. The van der Waals surface area contributed by atoms with Crippen LogP contribution in [0.5, 0.6) is 0 Å². The first-order chi connectivity index (χ1) is 9.40. The molecule has 1 aromatic rings. The van der Waals surface area contributed by atoms with Crippen LogP contribution in [-0.4, -0.2) is 18.1 Å². The highest BCUT2D eigenvalue weighted by molar-refractivity contribution is 5.30. The van der Waals surface area contributed by atoms with Crippen LogP contribution in [0.1, 0.15) is 29.8 Å². The van der Waals surface area contributed by atoms with E-state index in [9.17, 15) is 13.2 Å². The molecule has 6 heteroatoms. The minimum atomic E-state index is -4.50. The fraction of sp³-hybridized carbons (Fsp3) is 0.571. The molecule has 0 atom stereocenters. The van der Waals surface area contributed by atoms with Gasteiger partial charge in [0.05, 0.1) is 0 Å². The van der Waals surface area contributed by atoms with Crippen molar-refractivity contribution in [1.29, 1.82) is 5.26 Å². The zero-order valence-corrected chi connectivity index (χ0v) is 10.8. The van der Waals surface area contributed by atoms with E-state index in [1.165, 1.54) is 6.07 Å². The molecule has 3 nitrogen and oxygen atoms in total. The van der Waals surface area contributed by atoms with Crippen LogP contribution < -0.4 is 5.32 Å². The number of hydrogen-bond acceptors (Lipinski definition) is 3. The van der Waals surface area contributed by atoms with Crippen LogP contribution >= 0.6 is 0 Å². The highest BCUT2D eigenvalue weighted by Gasteiger charge is 2.48. The number of alkyl halides is 3. The van der Waals surface area contributed by atoms with Crippen molar-refractivity contribution in [3.8, 4) is 6.07 Å². The van der Waals surface area contributed by atoms with Crippen LogP contribution in [-0.2, 0) is 12.6 Å². The van der Waals surface area contributed by atoms with Crippen molar-refractivity contribution in [2.45, 2.75) is 25.4 Å². The van der Waals surface area contributed by atoms with Crippen LogP contribution in [0.15, 0.2) is 12.1 Å². The zero-order chi connectivity index (χ0) is 14.4. The van der Waals surface area contributed by atoms with Gasteiger partial charge in [0.2, 0.25) is 0 Å². The molecule has 2 fully saturated rings. The van der Waals surface area contributed by atoms with Crippen LogP contribution in [0.25, 0.3) is 0 Å². The van der Waals surface area contributed by atoms with Gasteiger partial charge in [-0.3, -0.25) is 0 Å². The third-order valence-corrected chi connectivity index (χ3v) is 4.26. The topological polar surface area (TPSA) is 48.7 Å². The Bertz CT molecular complexity index is 562. The summed E-state index contributed by atoms with van der Waals surface area (Å²) in [5, 5.41) is 12.0. The van der Waals surface area contributed by atoms with Gasteiger partial charge in [0.15, 0.2) is 0 Å². The summed E-state index contributed by atoms with van der Waals surface area (Å²) in [6.07, 6.45) is -1.78. The Morgan fingerprint density at radius 3 is 2.55 bits per heavy atom. The standard InChI is InChI=1S/C14H14F3N3/c15-14(16,17)12-3-9(2-11(6-18)20-12)1-10-4-13(5-10)7-19-8-13/h2-3,10,19H,1,4-5,7-8H2. The molecule has 2 heterocycles. The average Bonchev–Trinajstić information content (AvgIpc) is 2.29. The van der Waals surface area contributed by atoms with Gasteiger partial charge >= 0.3 is 6.18 Å². The second-order valence-corrected chi connectivity index (χ2v) is 5.94. The summed E-state index contributed by atoms with van der Waals surface area (Å²) in [6.45, 7) is 2.05. The Labute approximate surface area is 114 Å². The van der Waals surface area contributed by atoms with Crippen LogP contribution in [0.4, 0.5) is 13.2 Å². The first-order valence-electron chi connectivity index (χ1n) is 6.59. The van der Waals surface area contributed by atoms with Crippen molar-refractivity contribution in [2.75, 3.05) is 13.1 Å². The van der Waals surface area contributed by atoms with E-state index in [2.05, 4.69) is 10.3 Å². The van der Waals surface area contributed by atoms with Crippen molar-refractivity contribution < 1.29 is 13.2 Å². The Hall–Kier alpha value is -1.61. The number of nitrogens with one attached hydrogen (secondary N) is 1. The molecule has 1 aliphatic carbocycles. The number of hydrogen-bond donors (Lipinski definition) is 1. The van der Waals surface area contributed by atoms with Gasteiger partial charge in [0.1, 0.15) is 17.5 Å². The largest absolute Gasteiger partial charge is 0.433 e. The van der Waals surface area contributed by atoms with Crippen LogP contribution in [0, 0.1) is 22.7 Å². The number of halogens is 3. The minimum absolute atomic E-state index is 0.158. The van der Waals surface area contributed by atoms with E-state index < -0.39 is 11.9 Å². The Morgan fingerprint density at radius 1 is 1.35 bits per heavy atom. The molecule has 0 unspecified atom stereocenters. The summed E-state index contributed by atoms with van der Waals surface area (Å²) in [5.74, 6) is 0.423. The molecule has 2 aliphatic rings. The number of pyridine rings is 1. The maximum Gasteiger partial charge on any atom is 0.433 e. The monoisotopic (exact) mass is 281 g/mol. The Morgan fingerprint density at radius 2 is 2.05 bits per heavy atom. The summed E-state index contributed by atoms with van der Waals surface area (Å²) >= 11 is 0. The second-order valence-electron chi connectivity index (χ2n) is 5.94. The molecule has 106 valence electrons. The van der Waals surface area contributed by atoms with E-state index in [0.29, 0.717) is 23.3 Å². The van der Waals surface area contributed by atoms with E-state index in [-0.39, 0.29) is 5.69 Å². The third kappa shape index (κ3) is 2.38. The van der Waals surface area contributed by atoms with Gasteiger partial charge in [-0.05, 0) is 48.3 Å². The molecule has 0 radical (unpaired) electrons. The van der Waals surface area contributed by atoms with E-state index >= 15 is 0 Å². The molecule has 0 bridgehead atoms. The summed E-state index contributed by atoms with van der Waals surface area (Å²) in [7, 11) is 0. The highest BCUT2D eigenvalue weighted by atomic mass is 19.4. The third-order valence-electron chi connectivity index (χ3n) is 4.26. The van der Waals surface area contributed by atoms with E-state index in [1.54, 1.807) is 6.07 Å². The van der Waals surface area contributed by atoms with E-state index in [1.807, 2.05) is 0 Å². The predicted molar refractivity (Wildman–Crippen MR) is 65.7 cm³/mol. The van der Waals surface area contributed by atoms with Gasteiger partial charge < -0.3 is 5.32 Å². The lowest BCUT2D eigenvalue weighted by Gasteiger charge is -2.54. The van der Waals surface area contributed by atoms with Crippen molar-refractivity contribution in [2.24, 2.45) is 11.3 Å². The van der Waals surface area contributed by atoms with E-state index in [4.69, 9.17) is 5.26 Å². The molecule has 1 spiro atoms. The van der Waals surface area contributed by atoms with Gasteiger partial charge in [0.25, 0.3) is 0 Å². The molecule has 1 saturated carbocycles. The fourth-order valence-electron chi connectivity index (χ4n) is 3.32. The van der Waals surface area contributed by atoms with Crippen molar-refractivity contribution >= 4 is 0 Å². The summed E-state index contributed by atoms with van der Waals surface area (Å²) in [6, 6.07) is 4.25. The lowest BCUT2D eigenvalue weighted by atomic mass is 9.57. The molecule has 20 heavy (non-hydrogen) atoms. The molecule has 0 aromatic carbocycles. The molecule has 1 saturated heterocycles. The van der Waals surface area contributed by atoms with Crippen LogP contribution in [0.3, 0.4) is 0 Å². The van der Waals surface area contributed by atoms with Crippen molar-refractivity contribution in [3.05, 3.63) is 29.1 Å². The number of aromatic nitrogens is 1. The Kier molecular flexibility index (Phi) is 2.98. The van der Waals surface area contributed by atoms with Crippen molar-refractivity contribution in [1.82, 2.24) is 10.3 Å². The van der Waals surface area contributed by atoms with Crippen LogP contribution in [0.2, 0.25) is 0 Å². The first kappa shape index (κ1) is 13.4. The lowest BCUT2D eigenvalue weighted by Crippen LogP contribution is -2.60. The highest BCUT2D eigenvalue weighted by Crippen LogP contribution is 2.49. The lowest BCUT2D eigenvalue weighted by molar-refractivity contribution is -0.141. The maximum absolute atomic E-state index is 12.7. The summed E-state index contributed by atoms with van der Waals surface area (Å²) in [4.78, 5) is 3.33. The smallest absolute Gasteiger partial charge is 0.316 e. The summed E-state index contributed by atoms with van der Waals surface area (Å²) < 4.78 is 38.2. The molecule has 1 N–H and O–H groups in total. The fourth-order valence-corrected chi connectivity index (χ4v) is 3.32.